The van der Waals surface area contributed by atoms with Gasteiger partial charge in [-0.15, -0.1) is 0 Å². The highest BCUT2D eigenvalue weighted by Gasteiger charge is 2.47. The van der Waals surface area contributed by atoms with Crippen molar-refractivity contribution in [1.29, 1.82) is 0 Å². The summed E-state index contributed by atoms with van der Waals surface area (Å²) in [5.41, 5.74) is 2.32. The number of amides is 1. The summed E-state index contributed by atoms with van der Waals surface area (Å²) in [4.78, 5) is 22.1. The van der Waals surface area contributed by atoms with Crippen LogP contribution in [0.5, 0.6) is 5.88 Å². The molecule has 1 amide bonds. The van der Waals surface area contributed by atoms with Crippen molar-refractivity contribution in [2.24, 2.45) is 5.92 Å². The normalized spacial score (nSPS) is 16.5. The first-order chi connectivity index (χ1) is 19.8. The fraction of sp³-hybridized carbons (Fsp3) is 0.353. The monoisotopic (exact) mass is 615 g/mol. The first-order valence-electron chi connectivity index (χ1n) is 14.2. The summed E-state index contributed by atoms with van der Waals surface area (Å²) >= 11 is 3.61. The fourth-order valence-electron chi connectivity index (χ4n) is 6.23. The molecule has 2 atom stereocenters. The number of pyridine rings is 1. The predicted octanol–water partition coefficient (Wildman–Crippen LogP) is 6.37. The van der Waals surface area contributed by atoms with Crippen LogP contribution in [-0.2, 0) is 0 Å². The molecule has 0 aliphatic carbocycles. The van der Waals surface area contributed by atoms with Crippen molar-refractivity contribution in [1.82, 2.24) is 14.8 Å². The number of aliphatic hydroxyl groups is 1. The van der Waals surface area contributed by atoms with Crippen LogP contribution in [-0.4, -0.2) is 72.2 Å². The van der Waals surface area contributed by atoms with Gasteiger partial charge >= 0.3 is 0 Å². The van der Waals surface area contributed by atoms with Crippen LogP contribution < -0.4 is 4.74 Å². The summed E-state index contributed by atoms with van der Waals surface area (Å²) in [6.45, 7) is 1.92. The molecular weight excluding hydrogens is 578 g/mol. The molecule has 4 aromatic rings. The highest BCUT2D eigenvalue weighted by Crippen LogP contribution is 2.48. The van der Waals surface area contributed by atoms with E-state index in [0.29, 0.717) is 43.8 Å². The molecule has 0 bridgehead atoms. The lowest BCUT2D eigenvalue weighted by Crippen LogP contribution is -2.51. The van der Waals surface area contributed by atoms with Crippen LogP contribution in [0, 0.1) is 5.92 Å². The van der Waals surface area contributed by atoms with Gasteiger partial charge in [0.1, 0.15) is 0 Å². The minimum Gasteiger partial charge on any atom is -0.481 e. The predicted molar refractivity (Wildman–Crippen MR) is 167 cm³/mol. The molecule has 1 aromatic heterocycles. The SMILES string of the molecule is COc1nc2ccc(Br)cc2cc1C(c1ccccc1)C(O)(CCN(C)C)C1CCN(C(=O)c2ccccc2)CC1. The molecule has 0 spiro atoms. The summed E-state index contributed by atoms with van der Waals surface area (Å²) in [7, 11) is 5.72. The van der Waals surface area contributed by atoms with E-state index in [1.54, 1.807) is 7.11 Å². The molecule has 1 saturated heterocycles. The number of ether oxygens (including phenoxy) is 1. The van der Waals surface area contributed by atoms with Crippen molar-refractivity contribution < 1.29 is 14.6 Å². The van der Waals surface area contributed by atoms with Gasteiger partial charge in [-0.3, -0.25) is 4.79 Å². The average molecular weight is 617 g/mol. The summed E-state index contributed by atoms with van der Waals surface area (Å²) in [5, 5.41) is 14.0. The van der Waals surface area contributed by atoms with Crippen molar-refractivity contribution in [2.45, 2.75) is 30.8 Å². The standard InChI is InChI=1S/C34H38BrN3O3/c1-37(2)21-18-34(40,27-16-19-38(20-17-27)33(39)25-12-8-5-9-13-25)31(24-10-6-4-7-11-24)29-23-26-22-28(35)14-15-30(26)36-32(29)41-3/h4-15,22-23,27,31,40H,16-21H2,1-3H3. The third kappa shape index (κ3) is 6.32. The largest absolute Gasteiger partial charge is 0.481 e. The van der Waals surface area contributed by atoms with Crippen LogP contribution in [0.25, 0.3) is 10.9 Å². The van der Waals surface area contributed by atoms with E-state index in [1.165, 1.54) is 0 Å². The molecule has 0 radical (unpaired) electrons. The van der Waals surface area contributed by atoms with Crippen LogP contribution in [0.4, 0.5) is 0 Å². The van der Waals surface area contributed by atoms with Gasteiger partial charge in [0, 0.05) is 46.5 Å². The lowest BCUT2D eigenvalue weighted by Gasteiger charge is -2.47. The molecule has 6 nitrogen and oxygen atoms in total. The van der Waals surface area contributed by atoms with E-state index < -0.39 is 5.60 Å². The Kier molecular flexibility index (Phi) is 9.07. The lowest BCUT2D eigenvalue weighted by atomic mass is 9.66. The lowest BCUT2D eigenvalue weighted by molar-refractivity contribution is -0.0634. The van der Waals surface area contributed by atoms with Crippen molar-refractivity contribution in [3.63, 3.8) is 0 Å². The number of halogens is 1. The van der Waals surface area contributed by atoms with Crippen molar-refractivity contribution in [3.8, 4) is 5.88 Å². The minimum atomic E-state index is -1.11. The van der Waals surface area contributed by atoms with Gasteiger partial charge in [-0.25, -0.2) is 4.98 Å². The highest BCUT2D eigenvalue weighted by molar-refractivity contribution is 9.10. The molecule has 1 fully saturated rings. The average Bonchev–Trinajstić information content (AvgIpc) is 3.00. The Morgan fingerprint density at radius 3 is 2.34 bits per heavy atom. The van der Waals surface area contributed by atoms with Crippen LogP contribution in [0.15, 0.2) is 89.4 Å². The third-order valence-electron chi connectivity index (χ3n) is 8.38. The number of rotatable bonds is 9. The first kappa shape index (κ1) is 29.2. The van der Waals surface area contributed by atoms with Gasteiger partial charge < -0.3 is 19.6 Å². The smallest absolute Gasteiger partial charge is 0.253 e. The molecule has 0 saturated carbocycles. The second-order valence-electron chi connectivity index (χ2n) is 11.2. The number of aromatic nitrogens is 1. The number of carbonyl (C=O) groups is 1. The first-order valence-corrected chi connectivity index (χ1v) is 15.0. The van der Waals surface area contributed by atoms with Gasteiger partial charge in [0.2, 0.25) is 5.88 Å². The number of likely N-dealkylation sites (tertiary alicyclic amines) is 1. The van der Waals surface area contributed by atoms with Crippen LogP contribution in [0.3, 0.4) is 0 Å². The molecule has 5 rings (SSSR count). The molecule has 1 N–H and O–H groups in total. The number of piperidine rings is 1. The van der Waals surface area contributed by atoms with E-state index in [-0.39, 0.29) is 17.7 Å². The Morgan fingerprint density at radius 2 is 1.71 bits per heavy atom. The second kappa shape index (κ2) is 12.7. The van der Waals surface area contributed by atoms with Gasteiger partial charge in [-0.2, -0.15) is 0 Å². The molecule has 41 heavy (non-hydrogen) atoms. The Bertz CT molecular complexity index is 1470. The maximum absolute atomic E-state index is 13.2. The van der Waals surface area contributed by atoms with Gasteiger partial charge in [0.25, 0.3) is 5.91 Å². The highest BCUT2D eigenvalue weighted by atomic mass is 79.9. The second-order valence-corrected chi connectivity index (χ2v) is 12.2. The summed E-state index contributed by atoms with van der Waals surface area (Å²) < 4.78 is 6.86. The third-order valence-corrected chi connectivity index (χ3v) is 8.87. The zero-order valence-corrected chi connectivity index (χ0v) is 25.5. The molecule has 1 aliphatic rings. The van der Waals surface area contributed by atoms with Crippen LogP contribution in [0.2, 0.25) is 0 Å². The minimum absolute atomic E-state index is 0.0320. The fourth-order valence-corrected chi connectivity index (χ4v) is 6.61. The van der Waals surface area contributed by atoms with Gasteiger partial charge in [-0.1, -0.05) is 64.5 Å². The van der Waals surface area contributed by atoms with Crippen molar-refractivity contribution in [3.05, 3.63) is 106 Å². The molecule has 3 aromatic carbocycles. The molecule has 1 aliphatic heterocycles. The van der Waals surface area contributed by atoms with E-state index in [2.05, 4.69) is 45.1 Å². The molecular formula is C34H38BrN3O3. The Balaban J connectivity index is 1.57. The molecule has 2 unspecified atom stereocenters. The Hall–Kier alpha value is -3.26. The number of fused-ring (bicyclic) bond motifs is 1. The van der Waals surface area contributed by atoms with E-state index in [0.717, 1.165) is 33.0 Å². The van der Waals surface area contributed by atoms with Crippen LogP contribution in [0.1, 0.15) is 46.7 Å². The zero-order valence-electron chi connectivity index (χ0n) is 24.0. The summed E-state index contributed by atoms with van der Waals surface area (Å²) in [5.74, 6) is 0.159. The van der Waals surface area contributed by atoms with E-state index in [9.17, 15) is 9.90 Å². The van der Waals surface area contributed by atoms with E-state index in [4.69, 9.17) is 9.72 Å². The summed E-state index contributed by atoms with van der Waals surface area (Å²) in [6, 6.07) is 27.8. The van der Waals surface area contributed by atoms with Crippen molar-refractivity contribution >= 4 is 32.7 Å². The maximum Gasteiger partial charge on any atom is 0.253 e. The Morgan fingerprint density at radius 1 is 1.05 bits per heavy atom. The van der Waals surface area contributed by atoms with E-state index in [1.807, 2.05) is 79.7 Å². The molecule has 214 valence electrons. The Labute approximate surface area is 251 Å². The number of carbonyl (C=O) groups excluding carboxylic acids is 1. The van der Waals surface area contributed by atoms with Crippen molar-refractivity contribution in [2.75, 3.05) is 40.8 Å². The van der Waals surface area contributed by atoms with Gasteiger partial charge in [0.15, 0.2) is 0 Å². The molecule has 7 heteroatoms. The van der Waals surface area contributed by atoms with Gasteiger partial charge in [-0.05, 0) is 81.2 Å². The quantitative estimate of drug-likeness (QED) is 0.237. The number of nitrogens with zero attached hydrogens (tertiary/aromatic N) is 3. The zero-order chi connectivity index (χ0) is 29.0. The number of methoxy groups -OCH3 is 1. The van der Waals surface area contributed by atoms with Crippen LogP contribution >= 0.6 is 15.9 Å². The topological polar surface area (TPSA) is 65.9 Å². The maximum atomic E-state index is 13.2. The van der Waals surface area contributed by atoms with E-state index >= 15 is 0 Å². The number of hydrogen-bond acceptors (Lipinski definition) is 5. The summed E-state index contributed by atoms with van der Waals surface area (Å²) in [6.07, 6.45) is 1.98. The molecule has 2 heterocycles. The number of benzene rings is 3. The van der Waals surface area contributed by atoms with Gasteiger partial charge in [0.05, 0.1) is 18.2 Å². The number of hydrogen-bond donors (Lipinski definition) is 1.